The summed E-state index contributed by atoms with van der Waals surface area (Å²) >= 11 is 0. The van der Waals surface area contributed by atoms with Gasteiger partial charge in [0, 0.05) is 0 Å². The van der Waals surface area contributed by atoms with Crippen molar-refractivity contribution in [1.29, 1.82) is 0 Å². The van der Waals surface area contributed by atoms with Gasteiger partial charge in [-0.3, -0.25) is 9.59 Å². The highest BCUT2D eigenvalue weighted by Crippen LogP contribution is 2.31. The number of rotatable bonds is 5. The molecule has 4 nitrogen and oxygen atoms in total. The molecule has 0 spiro atoms. The molecular weight excluding hydrogens is 273 g/mol. The van der Waals surface area contributed by atoms with E-state index in [2.05, 4.69) is 11.9 Å². The molecule has 0 aliphatic carbocycles. The summed E-state index contributed by atoms with van der Waals surface area (Å²) in [4.78, 5) is 22.9. The Balaban J connectivity index is 3.04. The molecule has 108 valence electrons. The number of amides is 2. The predicted octanol–water partition coefficient (Wildman–Crippen LogP) is 1.87. The van der Waals surface area contributed by atoms with E-state index in [0.29, 0.717) is 0 Å². The smallest absolute Gasteiger partial charge is 0.368 e. The van der Waals surface area contributed by atoms with E-state index >= 15 is 0 Å². The zero-order chi connectivity index (χ0) is 15.3. The molecule has 0 heterocycles. The van der Waals surface area contributed by atoms with Crippen LogP contribution < -0.4 is 11.1 Å². The highest BCUT2D eigenvalue weighted by molar-refractivity contribution is 5.98. The van der Waals surface area contributed by atoms with Gasteiger partial charge in [-0.15, -0.1) is 6.58 Å². The summed E-state index contributed by atoms with van der Waals surface area (Å²) < 4.78 is 38.3. The fourth-order valence-corrected chi connectivity index (χ4v) is 1.58. The maximum atomic E-state index is 12.8. The van der Waals surface area contributed by atoms with Crippen LogP contribution in [-0.2, 0) is 11.0 Å². The minimum absolute atomic E-state index is 0.0370. The maximum Gasteiger partial charge on any atom is 0.417 e. The van der Waals surface area contributed by atoms with Crippen molar-refractivity contribution in [2.75, 3.05) is 0 Å². The van der Waals surface area contributed by atoms with Crippen molar-refractivity contribution in [3.63, 3.8) is 0 Å². The lowest BCUT2D eigenvalue weighted by molar-refractivity contribution is -0.137. The van der Waals surface area contributed by atoms with Gasteiger partial charge in [0.25, 0.3) is 5.91 Å². The van der Waals surface area contributed by atoms with Crippen LogP contribution in [0.15, 0.2) is 36.9 Å². The Hall–Kier alpha value is -2.31. The molecular formula is C13H13F3N2O2. The Labute approximate surface area is 113 Å². The fraction of sp³-hybridized carbons (Fsp3) is 0.231. The third kappa shape index (κ3) is 3.84. The van der Waals surface area contributed by atoms with E-state index in [0.717, 1.165) is 12.1 Å². The van der Waals surface area contributed by atoms with Crippen LogP contribution in [0, 0.1) is 0 Å². The fourth-order valence-electron chi connectivity index (χ4n) is 1.58. The highest BCUT2D eigenvalue weighted by Gasteiger charge is 2.35. The van der Waals surface area contributed by atoms with Gasteiger partial charge in [0.2, 0.25) is 5.91 Å². The van der Waals surface area contributed by atoms with Gasteiger partial charge in [0.15, 0.2) is 0 Å². The van der Waals surface area contributed by atoms with E-state index in [9.17, 15) is 22.8 Å². The minimum atomic E-state index is -4.66. The molecule has 0 saturated carbocycles. The third-order valence-electron chi connectivity index (χ3n) is 2.53. The second kappa shape index (κ2) is 6.23. The summed E-state index contributed by atoms with van der Waals surface area (Å²) in [6.07, 6.45) is -3.28. The van der Waals surface area contributed by atoms with Crippen molar-refractivity contribution < 1.29 is 22.8 Å². The number of nitrogens with two attached hydrogens (primary N) is 1. The van der Waals surface area contributed by atoms with Gasteiger partial charge in [-0.05, 0) is 18.6 Å². The molecule has 1 rings (SSSR count). The van der Waals surface area contributed by atoms with Gasteiger partial charge in [-0.2, -0.15) is 13.2 Å². The zero-order valence-electron chi connectivity index (χ0n) is 10.4. The number of hydrogen-bond donors (Lipinski definition) is 2. The van der Waals surface area contributed by atoms with E-state index in [1.165, 1.54) is 18.2 Å². The summed E-state index contributed by atoms with van der Waals surface area (Å²) in [6.45, 7) is 3.38. The lowest BCUT2D eigenvalue weighted by Crippen LogP contribution is -2.44. The van der Waals surface area contributed by atoms with Crippen molar-refractivity contribution in [3.8, 4) is 0 Å². The number of alkyl halides is 3. The average Bonchev–Trinajstić information content (AvgIpc) is 2.37. The van der Waals surface area contributed by atoms with Crippen LogP contribution in [0.2, 0.25) is 0 Å². The molecule has 0 saturated heterocycles. The van der Waals surface area contributed by atoms with Crippen LogP contribution in [0.3, 0.4) is 0 Å². The Morgan fingerprint density at radius 1 is 1.35 bits per heavy atom. The summed E-state index contributed by atoms with van der Waals surface area (Å²) in [6, 6.07) is 3.21. The molecule has 0 aliphatic rings. The molecule has 1 atom stereocenters. The predicted molar refractivity (Wildman–Crippen MR) is 66.7 cm³/mol. The van der Waals surface area contributed by atoms with E-state index in [4.69, 9.17) is 5.73 Å². The van der Waals surface area contributed by atoms with Gasteiger partial charge in [0.1, 0.15) is 6.04 Å². The Morgan fingerprint density at radius 3 is 2.45 bits per heavy atom. The Morgan fingerprint density at radius 2 is 1.95 bits per heavy atom. The summed E-state index contributed by atoms with van der Waals surface area (Å²) in [5.74, 6) is -1.86. The first-order valence-electron chi connectivity index (χ1n) is 5.64. The number of carbonyl (C=O) groups excluding carboxylic acids is 2. The topological polar surface area (TPSA) is 72.2 Å². The van der Waals surface area contributed by atoms with Crippen LogP contribution >= 0.6 is 0 Å². The van der Waals surface area contributed by atoms with Gasteiger partial charge < -0.3 is 11.1 Å². The molecule has 1 aromatic carbocycles. The Bertz CT molecular complexity index is 527. The monoisotopic (exact) mass is 286 g/mol. The average molecular weight is 286 g/mol. The van der Waals surface area contributed by atoms with Gasteiger partial charge in [-0.25, -0.2) is 0 Å². The molecule has 0 aliphatic heterocycles. The molecule has 0 unspecified atom stereocenters. The number of primary amides is 1. The normalized spacial score (nSPS) is 12.6. The van der Waals surface area contributed by atoms with Crippen molar-refractivity contribution >= 4 is 11.8 Å². The molecule has 20 heavy (non-hydrogen) atoms. The van der Waals surface area contributed by atoms with Crippen molar-refractivity contribution in [2.24, 2.45) is 5.73 Å². The van der Waals surface area contributed by atoms with Crippen LogP contribution in [0.25, 0.3) is 0 Å². The van der Waals surface area contributed by atoms with Crippen molar-refractivity contribution in [1.82, 2.24) is 5.32 Å². The minimum Gasteiger partial charge on any atom is -0.368 e. The van der Waals surface area contributed by atoms with Crippen molar-refractivity contribution in [3.05, 3.63) is 48.0 Å². The molecule has 0 aromatic heterocycles. The summed E-state index contributed by atoms with van der Waals surface area (Å²) in [5, 5.41) is 2.16. The van der Waals surface area contributed by atoms with Crippen molar-refractivity contribution in [2.45, 2.75) is 18.6 Å². The SMILES string of the molecule is C=CC[C@H](NC(=O)c1ccccc1C(F)(F)F)C(N)=O. The van der Waals surface area contributed by atoms with E-state index < -0.39 is 35.2 Å². The van der Waals surface area contributed by atoms with E-state index in [1.807, 2.05) is 0 Å². The number of hydrogen-bond acceptors (Lipinski definition) is 2. The number of benzene rings is 1. The standard InChI is InChI=1S/C13H13F3N2O2/c1-2-5-10(11(17)19)18-12(20)8-6-3-4-7-9(8)13(14,15)16/h2-4,6-7,10H,1,5H2,(H2,17,19)(H,18,20)/t10-/m0/s1. The first-order valence-corrected chi connectivity index (χ1v) is 5.64. The second-order valence-corrected chi connectivity index (χ2v) is 4.00. The Kier molecular flexibility index (Phi) is 4.90. The maximum absolute atomic E-state index is 12.8. The van der Waals surface area contributed by atoms with Crippen LogP contribution in [-0.4, -0.2) is 17.9 Å². The number of nitrogens with one attached hydrogen (secondary N) is 1. The number of carbonyl (C=O) groups is 2. The molecule has 7 heteroatoms. The van der Waals surface area contributed by atoms with Gasteiger partial charge in [0.05, 0.1) is 11.1 Å². The van der Waals surface area contributed by atoms with Gasteiger partial charge >= 0.3 is 6.18 Å². The molecule has 2 amide bonds. The molecule has 0 fully saturated rings. The second-order valence-electron chi connectivity index (χ2n) is 4.00. The lowest BCUT2D eigenvalue weighted by atomic mass is 10.1. The third-order valence-corrected chi connectivity index (χ3v) is 2.53. The quantitative estimate of drug-likeness (QED) is 0.811. The van der Waals surface area contributed by atoms with E-state index in [1.54, 1.807) is 0 Å². The van der Waals surface area contributed by atoms with Crippen LogP contribution in [0.1, 0.15) is 22.3 Å². The highest BCUT2D eigenvalue weighted by atomic mass is 19.4. The number of halogens is 3. The first-order chi connectivity index (χ1) is 9.27. The lowest BCUT2D eigenvalue weighted by Gasteiger charge is -2.16. The largest absolute Gasteiger partial charge is 0.417 e. The molecule has 0 radical (unpaired) electrons. The molecule has 0 bridgehead atoms. The van der Waals surface area contributed by atoms with Crippen LogP contribution in [0.5, 0.6) is 0 Å². The molecule has 3 N–H and O–H groups in total. The first kappa shape index (κ1) is 15.7. The van der Waals surface area contributed by atoms with Gasteiger partial charge in [-0.1, -0.05) is 18.2 Å². The summed E-state index contributed by atoms with van der Waals surface area (Å²) in [7, 11) is 0. The van der Waals surface area contributed by atoms with E-state index in [-0.39, 0.29) is 6.42 Å². The zero-order valence-corrected chi connectivity index (χ0v) is 10.4. The summed E-state index contributed by atoms with van der Waals surface area (Å²) in [5.41, 5.74) is 3.42. The van der Waals surface area contributed by atoms with Crippen LogP contribution in [0.4, 0.5) is 13.2 Å². The molecule has 1 aromatic rings.